The van der Waals surface area contributed by atoms with Gasteiger partial charge in [-0.05, 0) is 23.3 Å². The van der Waals surface area contributed by atoms with Crippen LogP contribution in [0.15, 0.2) is 54.6 Å². The van der Waals surface area contributed by atoms with Crippen LogP contribution in [0.4, 0.5) is 4.79 Å². The van der Waals surface area contributed by atoms with Gasteiger partial charge in [0.25, 0.3) is 0 Å². The molecule has 26 heavy (non-hydrogen) atoms. The number of aromatic hydroxyl groups is 1. The van der Waals surface area contributed by atoms with Crippen LogP contribution in [-0.4, -0.2) is 35.4 Å². The van der Waals surface area contributed by atoms with Gasteiger partial charge in [-0.3, -0.25) is 4.79 Å². The number of thiol groups is 1. The topological polar surface area (TPSA) is 87.7 Å². The molecule has 6 nitrogen and oxygen atoms in total. The highest BCUT2D eigenvalue weighted by atomic mass is 32.1. The Morgan fingerprint density at radius 2 is 1.73 bits per heavy atom. The third-order valence-electron chi connectivity index (χ3n) is 3.61. The van der Waals surface area contributed by atoms with Crippen LogP contribution >= 0.6 is 12.6 Å². The molecule has 1 unspecified atom stereocenters. The van der Waals surface area contributed by atoms with E-state index in [-0.39, 0.29) is 24.7 Å². The lowest BCUT2D eigenvalue weighted by Gasteiger charge is -2.18. The first-order valence-corrected chi connectivity index (χ1v) is 8.85. The number of carbonyl (C=O) groups excluding carboxylic acids is 2. The molecule has 0 aliphatic carbocycles. The number of hydrogen-bond acceptors (Lipinski definition) is 5. The maximum absolute atomic E-state index is 12.3. The number of ether oxygens (including phenoxy) is 1. The Kier molecular flexibility index (Phi) is 7.82. The molecule has 3 N–H and O–H groups in total. The van der Waals surface area contributed by atoms with E-state index in [2.05, 4.69) is 23.3 Å². The van der Waals surface area contributed by atoms with Gasteiger partial charge in [0.15, 0.2) is 0 Å². The molecule has 0 aliphatic rings. The van der Waals surface area contributed by atoms with E-state index in [1.165, 1.54) is 12.1 Å². The van der Waals surface area contributed by atoms with Crippen molar-refractivity contribution in [3.05, 3.63) is 65.7 Å². The predicted molar refractivity (Wildman–Crippen MR) is 102 cm³/mol. The summed E-state index contributed by atoms with van der Waals surface area (Å²) in [5, 5.41) is 14.7. The fraction of sp³-hybridized carbons (Fsp3) is 0.263. The lowest BCUT2D eigenvalue weighted by Crippen LogP contribution is -2.48. The summed E-state index contributed by atoms with van der Waals surface area (Å²) in [5.41, 5.74) is 1.66. The zero-order valence-electron chi connectivity index (χ0n) is 14.2. The minimum absolute atomic E-state index is 0.122. The van der Waals surface area contributed by atoms with Gasteiger partial charge in [0.1, 0.15) is 18.4 Å². The highest BCUT2D eigenvalue weighted by molar-refractivity contribution is 7.80. The van der Waals surface area contributed by atoms with Crippen LogP contribution in [0.5, 0.6) is 5.75 Å². The zero-order chi connectivity index (χ0) is 18.8. The zero-order valence-corrected chi connectivity index (χ0v) is 15.1. The Morgan fingerprint density at radius 1 is 1.04 bits per heavy atom. The monoisotopic (exact) mass is 374 g/mol. The number of hydrogen-bond donors (Lipinski definition) is 4. The summed E-state index contributed by atoms with van der Waals surface area (Å²) >= 11 is 4.06. The van der Waals surface area contributed by atoms with E-state index in [4.69, 9.17) is 4.74 Å². The Bertz CT molecular complexity index is 707. The first kappa shape index (κ1) is 19.7. The van der Waals surface area contributed by atoms with E-state index in [0.29, 0.717) is 12.3 Å². The van der Waals surface area contributed by atoms with Gasteiger partial charge >= 0.3 is 6.09 Å². The molecule has 0 aliphatic heterocycles. The van der Waals surface area contributed by atoms with Crippen molar-refractivity contribution in [3.8, 4) is 5.75 Å². The second-order valence-corrected chi connectivity index (χ2v) is 6.09. The smallest absolute Gasteiger partial charge is 0.408 e. The highest BCUT2D eigenvalue weighted by Crippen LogP contribution is 2.11. The third kappa shape index (κ3) is 6.68. The number of carbonyl (C=O) groups is 2. The van der Waals surface area contributed by atoms with Crippen molar-refractivity contribution in [3.63, 3.8) is 0 Å². The largest absolute Gasteiger partial charge is 0.508 e. The van der Waals surface area contributed by atoms with E-state index in [1.807, 2.05) is 30.3 Å². The minimum atomic E-state index is -0.789. The predicted octanol–water partition coefficient (Wildman–Crippen LogP) is 2.28. The average Bonchev–Trinajstić information content (AvgIpc) is 2.66. The Morgan fingerprint density at radius 3 is 2.38 bits per heavy atom. The Hall–Kier alpha value is -2.67. The number of phenolic OH excluding ortho intramolecular Hbond substituents is 1. The number of alkyl carbamates (subject to hydrolysis) is 1. The quantitative estimate of drug-likeness (QED) is 0.534. The van der Waals surface area contributed by atoms with Crippen LogP contribution in [0, 0.1) is 0 Å². The molecule has 0 saturated carbocycles. The van der Waals surface area contributed by atoms with Crippen LogP contribution < -0.4 is 10.6 Å². The summed E-state index contributed by atoms with van der Waals surface area (Å²) in [4.78, 5) is 24.4. The normalized spacial score (nSPS) is 11.4. The molecule has 0 aromatic heterocycles. The first-order valence-electron chi connectivity index (χ1n) is 8.22. The van der Waals surface area contributed by atoms with Crippen molar-refractivity contribution >= 4 is 24.6 Å². The van der Waals surface area contributed by atoms with Crippen molar-refractivity contribution < 1.29 is 19.4 Å². The molecule has 7 heteroatoms. The van der Waals surface area contributed by atoms with E-state index < -0.39 is 12.1 Å². The summed E-state index contributed by atoms with van der Waals surface area (Å²) in [6.45, 7) is 0.519. The van der Waals surface area contributed by atoms with Crippen molar-refractivity contribution in [2.45, 2.75) is 19.1 Å². The fourth-order valence-electron chi connectivity index (χ4n) is 2.29. The summed E-state index contributed by atoms with van der Waals surface area (Å²) in [5.74, 6) is 0.319. The molecule has 0 saturated heterocycles. The van der Waals surface area contributed by atoms with Crippen LogP contribution in [-0.2, 0) is 22.6 Å². The second-order valence-electron chi connectivity index (χ2n) is 5.64. The van der Waals surface area contributed by atoms with Gasteiger partial charge in [-0.25, -0.2) is 4.79 Å². The lowest BCUT2D eigenvalue weighted by molar-refractivity contribution is -0.122. The number of phenols is 1. The van der Waals surface area contributed by atoms with Gasteiger partial charge in [0.05, 0.1) is 0 Å². The van der Waals surface area contributed by atoms with Crippen LogP contribution in [0.25, 0.3) is 0 Å². The number of benzene rings is 2. The van der Waals surface area contributed by atoms with Crippen molar-refractivity contribution in [1.29, 1.82) is 0 Å². The molecule has 2 aromatic rings. The molecule has 0 spiro atoms. The molecule has 0 radical (unpaired) electrons. The maximum Gasteiger partial charge on any atom is 0.408 e. The van der Waals surface area contributed by atoms with Gasteiger partial charge in [0, 0.05) is 18.7 Å². The molecule has 0 fully saturated rings. The Labute approximate surface area is 158 Å². The summed E-state index contributed by atoms with van der Waals surface area (Å²) in [7, 11) is 0. The van der Waals surface area contributed by atoms with Crippen LogP contribution in [0.1, 0.15) is 11.1 Å². The summed E-state index contributed by atoms with van der Waals surface area (Å²) < 4.78 is 5.18. The molecule has 2 amide bonds. The number of nitrogens with one attached hydrogen (secondary N) is 2. The third-order valence-corrected chi connectivity index (χ3v) is 3.83. The molecule has 2 rings (SSSR count). The molecular weight excluding hydrogens is 352 g/mol. The van der Waals surface area contributed by atoms with Gasteiger partial charge in [-0.15, -0.1) is 0 Å². The highest BCUT2D eigenvalue weighted by Gasteiger charge is 2.21. The fourth-order valence-corrected chi connectivity index (χ4v) is 2.40. The molecule has 1 atom stereocenters. The van der Waals surface area contributed by atoms with E-state index >= 15 is 0 Å². The summed E-state index contributed by atoms with van der Waals surface area (Å²) in [6.07, 6.45) is -0.391. The molecule has 138 valence electrons. The van der Waals surface area contributed by atoms with E-state index in [1.54, 1.807) is 12.1 Å². The van der Waals surface area contributed by atoms with Crippen molar-refractivity contribution in [2.75, 3.05) is 12.3 Å². The number of amides is 2. The van der Waals surface area contributed by atoms with Gasteiger partial charge in [0.2, 0.25) is 5.91 Å². The standard InChI is InChI=1S/C19H22N2O4S/c22-16-8-6-14(7-9-16)12-17(18(23)20-10-11-26)21-19(24)25-13-15-4-2-1-3-5-15/h1-9,17,22,26H,10-13H2,(H,20,23)(H,21,24). The van der Waals surface area contributed by atoms with Crippen LogP contribution in [0.2, 0.25) is 0 Å². The maximum atomic E-state index is 12.3. The van der Waals surface area contributed by atoms with Gasteiger partial charge in [-0.2, -0.15) is 12.6 Å². The van der Waals surface area contributed by atoms with E-state index in [9.17, 15) is 14.7 Å². The average molecular weight is 374 g/mol. The van der Waals surface area contributed by atoms with Gasteiger partial charge in [-0.1, -0.05) is 42.5 Å². The molecule has 2 aromatic carbocycles. The van der Waals surface area contributed by atoms with E-state index in [0.717, 1.165) is 11.1 Å². The minimum Gasteiger partial charge on any atom is -0.508 e. The Balaban J connectivity index is 1.96. The second kappa shape index (κ2) is 10.4. The summed E-state index contributed by atoms with van der Waals surface area (Å²) in [6, 6.07) is 15.0. The number of rotatable bonds is 8. The van der Waals surface area contributed by atoms with Crippen molar-refractivity contribution in [1.82, 2.24) is 10.6 Å². The first-order chi connectivity index (χ1) is 12.6. The van der Waals surface area contributed by atoms with Crippen LogP contribution in [0.3, 0.4) is 0 Å². The molecular formula is C19H22N2O4S. The lowest BCUT2D eigenvalue weighted by atomic mass is 10.1. The molecule has 0 heterocycles. The SMILES string of the molecule is O=C(NC(Cc1ccc(O)cc1)C(=O)NCCS)OCc1ccccc1. The van der Waals surface area contributed by atoms with Gasteiger partial charge < -0.3 is 20.5 Å². The molecule has 0 bridgehead atoms. The van der Waals surface area contributed by atoms with Crippen molar-refractivity contribution in [2.24, 2.45) is 0 Å².